The normalized spacial score (nSPS) is 16.7. The highest BCUT2D eigenvalue weighted by Crippen LogP contribution is 2.31. The monoisotopic (exact) mass is 331 g/mol. The zero-order valence-electron chi connectivity index (χ0n) is 12.1. The maximum atomic E-state index is 12.5. The quantitative estimate of drug-likeness (QED) is 0.913. The van der Waals surface area contributed by atoms with E-state index in [2.05, 4.69) is 10.3 Å². The van der Waals surface area contributed by atoms with Gasteiger partial charge in [-0.25, -0.2) is 12.7 Å². The van der Waals surface area contributed by atoms with Crippen LogP contribution in [-0.2, 0) is 14.8 Å². The van der Waals surface area contributed by atoms with Crippen LogP contribution in [0.15, 0.2) is 53.7 Å². The van der Waals surface area contributed by atoms with Crippen LogP contribution in [0.5, 0.6) is 0 Å². The molecule has 8 heteroatoms. The molecule has 118 valence electrons. The zero-order chi connectivity index (χ0) is 16.6. The smallest absolute Gasteiger partial charge is 0.269 e. The van der Waals surface area contributed by atoms with Crippen LogP contribution in [0.1, 0.15) is 17.3 Å². The van der Waals surface area contributed by atoms with Crippen molar-refractivity contribution < 1.29 is 18.0 Å². The van der Waals surface area contributed by atoms with Gasteiger partial charge in [-0.1, -0.05) is 12.1 Å². The standard InChI is InChI=1S/C15H13N3O4S/c1-10(14(19)17-11-5-4-8-16-9-11)18-15(20)12-6-2-3-7-13(12)23(18,21)22/h2-10H,1H3,(H,17,19)/t10-/m0/s1. The summed E-state index contributed by atoms with van der Waals surface area (Å²) in [5.41, 5.74) is 0.499. The van der Waals surface area contributed by atoms with Gasteiger partial charge in [0.25, 0.3) is 15.9 Å². The van der Waals surface area contributed by atoms with Gasteiger partial charge in [-0.15, -0.1) is 0 Å². The number of aromatic nitrogens is 1. The highest BCUT2D eigenvalue weighted by molar-refractivity contribution is 7.90. The molecule has 3 rings (SSSR count). The van der Waals surface area contributed by atoms with Gasteiger partial charge in [0.2, 0.25) is 5.91 Å². The molecular formula is C15H13N3O4S. The van der Waals surface area contributed by atoms with Gasteiger partial charge in [-0.3, -0.25) is 14.6 Å². The van der Waals surface area contributed by atoms with Crippen LogP contribution in [0.4, 0.5) is 5.69 Å². The molecule has 2 heterocycles. The SMILES string of the molecule is C[C@@H](C(=O)Nc1cccnc1)N1C(=O)c2ccccc2S1(=O)=O. The maximum Gasteiger partial charge on any atom is 0.269 e. The molecule has 1 aromatic heterocycles. The summed E-state index contributed by atoms with van der Waals surface area (Å²) in [5.74, 6) is -1.31. The predicted octanol–water partition coefficient (Wildman–Crippen LogP) is 1.25. The van der Waals surface area contributed by atoms with Crippen LogP contribution in [0, 0.1) is 0 Å². The maximum absolute atomic E-state index is 12.5. The van der Waals surface area contributed by atoms with Gasteiger partial charge in [0, 0.05) is 6.20 Å². The Morgan fingerprint density at radius 1 is 1.22 bits per heavy atom. The second kappa shape index (κ2) is 5.47. The summed E-state index contributed by atoms with van der Waals surface area (Å²) in [7, 11) is -4.02. The van der Waals surface area contributed by atoms with Crippen molar-refractivity contribution in [2.75, 3.05) is 5.32 Å². The van der Waals surface area contributed by atoms with Gasteiger partial charge >= 0.3 is 0 Å². The lowest BCUT2D eigenvalue weighted by Crippen LogP contribution is -2.45. The molecule has 0 saturated carbocycles. The van der Waals surface area contributed by atoms with Crippen molar-refractivity contribution in [1.29, 1.82) is 0 Å². The molecule has 7 nitrogen and oxygen atoms in total. The number of carbonyl (C=O) groups excluding carboxylic acids is 2. The Morgan fingerprint density at radius 2 is 1.96 bits per heavy atom. The third-order valence-corrected chi connectivity index (χ3v) is 5.43. The molecule has 0 unspecified atom stereocenters. The van der Waals surface area contributed by atoms with Gasteiger partial charge in [0.05, 0.1) is 17.4 Å². The summed E-state index contributed by atoms with van der Waals surface area (Å²) >= 11 is 0. The Kier molecular flexibility index (Phi) is 3.61. The highest BCUT2D eigenvalue weighted by atomic mass is 32.2. The average molecular weight is 331 g/mol. The number of pyridine rings is 1. The van der Waals surface area contributed by atoms with Crippen LogP contribution in [-0.4, -0.2) is 35.6 Å². The molecule has 0 saturated heterocycles. The first-order valence-electron chi connectivity index (χ1n) is 6.81. The molecule has 2 amide bonds. The number of hydrogen-bond acceptors (Lipinski definition) is 5. The summed E-state index contributed by atoms with van der Waals surface area (Å²) in [6.45, 7) is 1.37. The molecule has 1 atom stereocenters. The molecule has 23 heavy (non-hydrogen) atoms. The molecule has 1 aliphatic heterocycles. The minimum atomic E-state index is -4.02. The fourth-order valence-electron chi connectivity index (χ4n) is 2.38. The molecule has 1 aliphatic rings. The summed E-state index contributed by atoms with van der Waals surface area (Å²) < 4.78 is 25.6. The molecule has 0 radical (unpaired) electrons. The van der Waals surface area contributed by atoms with Gasteiger partial charge < -0.3 is 5.32 Å². The van der Waals surface area contributed by atoms with E-state index in [1.165, 1.54) is 31.3 Å². The third-order valence-electron chi connectivity index (χ3n) is 3.51. The Balaban J connectivity index is 1.90. The molecule has 1 aromatic carbocycles. The van der Waals surface area contributed by atoms with E-state index < -0.39 is 27.9 Å². The molecule has 2 aromatic rings. The number of amides is 2. The lowest BCUT2D eigenvalue weighted by atomic mass is 10.2. The van der Waals surface area contributed by atoms with E-state index in [1.807, 2.05) is 0 Å². The lowest BCUT2D eigenvalue weighted by molar-refractivity contribution is -0.118. The lowest BCUT2D eigenvalue weighted by Gasteiger charge is -2.22. The van der Waals surface area contributed by atoms with Gasteiger partial charge in [0.1, 0.15) is 10.9 Å². The Bertz CT molecular complexity index is 881. The molecule has 0 bridgehead atoms. The van der Waals surface area contributed by atoms with Crippen LogP contribution >= 0.6 is 0 Å². The Hall–Kier alpha value is -2.74. The number of rotatable bonds is 3. The van der Waals surface area contributed by atoms with E-state index >= 15 is 0 Å². The van der Waals surface area contributed by atoms with Crippen LogP contribution in [0.3, 0.4) is 0 Å². The van der Waals surface area contributed by atoms with E-state index in [1.54, 1.807) is 24.4 Å². The molecule has 0 aliphatic carbocycles. The third kappa shape index (κ3) is 2.46. The van der Waals surface area contributed by atoms with Crippen molar-refractivity contribution in [2.24, 2.45) is 0 Å². The first-order valence-corrected chi connectivity index (χ1v) is 8.25. The number of sulfonamides is 1. The summed E-state index contributed by atoms with van der Waals surface area (Å²) in [6, 6.07) is 7.97. The van der Waals surface area contributed by atoms with E-state index in [9.17, 15) is 18.0 Å². The van der Waals surface area contributed by atoms with Crippen molar-refractivity contribution in [3.8, 4) is 0 Å². The van der Waals surface area contributed by atoms with Crippen molar-refractivity contribution in [3.63, 3.8) is 0 Å². The van der Waals surface area contributed by atoms with Crippen LogP contribution in [0.25, 0.3) is 0 Å². The van der Waals surface area contributed by atoms with E-state index in [4.69, 9.17) is 0 Å². The number of nitrogens with one attached hydrogen (secondary N) is 1. The van der Waals surface area contributed by atoms with Crippen molar-refractivity contribution in [1.82, 2.24) is 9.29 Å². The zero-order valence-corrected chi connectivity index (χ0v) is 12.9. The van der Waals surface area contributed by atoms with Crippen molar-refractivity contribution >= 4 is 27.5 Å². The minimum Gasteiger partial charge on any atom is -0.323 e. The number of nitrogens with zero attached hydrogens (tertiary/aromatic N) is 2. The highest BCUT2D eigenvalue weighted by Gasteiger charge is 2.45. The van der Waals surface area contributed by atoms with Crippen molar-refractivity contribution in [2.45, 2.75) is 17.9 Å². The molecule has 1 N–H and O–H groups in total. The summed E-state index contributed by atoms with van der Waals surface area (Å²) in [5, 5.41) is 2.54. The molecule has 0 fully saturated rings. The fraction of sp³-hybridized carbons (Fsp3) is 0.133. The minimum absolute atomic E-state index is 0.0773. The van der Waals surface area contributed by atoms with Gasteiger partial charge in [-0.05, 0) is 31.2 Å². The largest absolute Gasteiger partial charge is 0.323 e. The molecule has 0 spiro atoms. The second-order valence-corrected chi connectivity index (χ2v) is 6.79. The van der Waals surface area contributed by atoms with Crippen LogP contribution < -0.4 is 5.32 Å². The topological polar surface area (TPSA) is 96.4 Å². The molecular weight excluding hydrogens is 318 g/mol. The first-order chi connectivity index (χ1) is 10.9. The Labute approximate surface area is 133 Å². The second-order valence-electron chi connectivity index (χ2n) is 5.01. The first kappa shape index (κ1) is 15.2. The predicted molar refractivity (Wildman–Crippen MR) is 82.1 cm³/mol. The van der Waals surface area contributed by atoms with E-state index in [0.717, 1.165) is 0 Å². The number of fused-ring (bicyclic) bond motifs is 1. The van der Waals surface area contributed by atoms with Crippen LogP contribution in [0.2, 0.25) is 0 Å². The Morgan fingerprint density at radius 3 is 2.61 bits per heavy atom. The summed E-state index contributed by atoms with van der Waals surface area (Å²) in [4.78, 5) is 28.4. The fourth-order valence-corrected chi connectivity index (χ4v) is 4.10. The van der Waals surface area contributed by atoms with Crippen molar-refractivity contribution in [3.05, 3.63) is 54.4 Å². The summed E-state index contributed by atoms with van der Waals surface area (Å²) in [6.07, 6.45) is 2.98. The van der Waals surface area contributed by atoms with Gasteiger partial charge in [0.15, 0.2) is 0 Å². The average Bonchev–Trinajstić information content (AvgIpc) is 2.75. The van der Waals surface area contributed by atoms with Gasteiger partial charge in [-0.2, -0.15) is 0 Å². The number of anilines is 1. The van der Waals surface area contributed by atoms with E-state index in [-0.39, 0.29) is 10.5 Å². The van der Waals surface area contributed by atoms with E-state index in [0.29, 0.717) is 9.99 Å². The number of hydrogen-bond donors (Lipinski definition) is 1. The number of carbonyl (C=O) groups is 2. The number of benzene rings is 1.